The highest BCUT2D eigenvalue weighted by atomic mass is 16.5. The van der Waals surface area contributed by atoms with Crippen LogP contribution in [0.2, 0.25) is 0 Å². The Morgan fingerprint density at radius 2 is 2.00 bits per heavy atom. The van der Waals surface area contributed by atoms with Crippen LogP contribution in [0.25, 0.3) is 10.8 Å². The number of ether oxygens (including phenoxy) is 1. The largest absolute Gasteiger partial charge is 0.494 e. The van der Waals surface area contributed by atoms with Crippen LogP contribution in [0.3, 0.4) is 0 Å². The minimum Gasteiger partial charge on any atom is -0.494 e. The Balaban J connectivity index is 2.17. The predicted molar refractivity (Wildman–Crippen MR) is 74.8 cm³/mol. The molecule has 0 aliphatic heterocycles. The van der Waals surface area contributed by atoms with Gasteiger partial charge in [-0.2, -0.15) is 0 Å². The third-order valence-corrected chi connectivity index (χ3v) is 3.69. The molecule has 3 rings (SSSR count). The Kier molecular flexibility index (Phi) is 2.96. The van der Waals surface area contributed by atoms with E-state index in [1.54, 1.807) is 0 Å². The maximum absolute atomic E-state index is 6.42. The van der Waals surface area contributed by atoms with Gasteiger partial charge in [-0.05, 0) is 42.5 Å². The van der Waals surface area contributed by atoms with Gasteiger partial charge in [-0.15, -0.1) is 0 Å². The minimum atomic E-state index is 0.109. The first-order chi connectivity index (χ1) is 8.81. The van der Waals surface area contributed by atoms with Gasteiger partial charge >= 0.3 is 0 Å². The van der Waals surface area contributed by atoms with Crippen molar-refractivity contribution in [2.24, 2.45) is 11.7 Å². The molecule has 2 nitrogen and oxygen atoms in total. The zero-order chi connectivity index (χ0) is 12.5. The number of nitrogens with two attached hydrogens (primary N) is 1. The molecule has 2 aromatic rings. The van der Waals surface area contributed by atoms with Gasteiger partial charge in [-0.3, -0.25) is 0 Å². The fraction of sp³-hybridized carbons (Fsp3) is 0.375. The monoisotopic (exact) mass is 241 g/mol. The molecule has 1 saturated carbocycles. The summed E-state index contributed by atoms with van der Waals surface area (Å²) >= 11 is 0. The summed E-state index contributed by atoms with van der Waals surface area (Å²) in [7, 11) is 0. The molecule has 1 aliphatic carbocycles. The van der Waals surface area contributed by atoms with Crippen LogP contribution >= 0.6 is 0 Å². The van der Waals surface area contributed by atoms with E-state index in [1.807, 2.05) is 6.92 Å². The standard InChI is InChI=1S/C16H19NO/c1-2-18-14-10-9-11-5-3-4-6-13(11)15(14)16(17)12-7-8-12/h3-6,9-10,12,16H,2,7-8,17H2,1H3/t16-/m0/s1. The van der Waals surface area contributed by atoms with Gasteiger partial charge in [0.15, 0.2) is 0 Å². The van der Waals surface area contributed by atoms with Crippen molar-refractivity contribution in [2.45, 2.75) is 25.8 Å². The van der Waals surface area contributed by atoms with Crippen molar-refractivity contribution in [1.82, 2.24) is 0 Å². The van der Waals surface area contributed by atoms with E-state index in [9.17, 15) is 0 Å². The summed E-state index contributed by atoms with van der Waals surface area (Å²) in [5.41, 5.74) is 7.61. The van der Waals surface area contributed by atoms with Crippen LogP contribution < -0.4 is 10.5 Å². The highest BCUT2D eigenvalue weighted by Gasteiger charge is 2.32. The zero-order valence-electron chi connectivity index (χ0n) is 10.7. The lowest BCUT2D eigenvalue weighted by molar-refractivity contribution is 0.333. The lowest BCUT2D eigenvalue weighted by Gasteiger charge is -2.18. The van der Waals surface area contributed by atoms with Gasteiger partial charge in [0.05, 0.1) is 6.61 Å². The summed E-state index contributed by atoms with van der Waals surface area (Å²) in [6.07, 6.45) is 2.49. The molecule has 1 atom stereocenters. The molecule has 0 saturated heterocycles. The lowest BCUT2D eigenvalue weighted by Crippen LogP contribution is -2.14. The van der Waals surface area contributed by atoms with E-state index >= 15 is 0 Å². The quantitative estimate of drug-likeness (QED) is 0.886. The van der Waals surface area contributed by atoms with Crippen molar-refractivity contribution in [2.75, 3.05) is 6.61 Å². The van der Waals surface area contributed by atoms with Gasteiger partial charge in [0, 0.05) is 11.6 Å². The number of fused-ring (bicyclic) bond motifs is 1. The molecule has 94 valence electrons. The van der Waals surface area contributed by atoms with E-state index in [-0.39, 0.29) is 6.04 Å². The summed E-state index contributed by atoms with van der Waals surface area (Å²) in [6.45, 7) is 2.70. The summed E-state index contributed by atoms with van der Waals surface area (Å²) in [6, 6.07) is 12.7. The molecule has 1 aliphatic rings. The van der Waals surface area contributed by atoms with Crippen LogP contribution in [0, 0.1) is 5.92 Å². The van der Waals surface area contributed by atoms with Crippen LogP contribution in [0.4, 0.5) is 0 Å². The Morgan fingerprint density at radius 3 is 2.72 bits per heavy atom. The molecular weight excluding hydrogens is 222 g/mol. The van der Waals surface area contributed by atoms with Gasteiger partial charge in [-0.1, -0.05) is 30.3 Å². The number of hydrogen-bond acceptors (Lipinski definition) is 2. The fourth-order valence-corrected chi connectivity index (χ4v) is 2.59. The van der Waals surface area contributed by atoms with Gasteiger partial charge in [0.25, 0.3) is 0 Å². The number of rotatable bonds is 4. The molecule has 2 heteroatoms. The second-order valence-corrected chi connectivity index (χ2v) is 4.99. The molecule has 0 radical (unpaired) electrons. The maximum Gasteiger partial charge on any atom is 0.124 e. The van der Waals surface area contributed by atoms with E-state index in [0.29, 0.717) is 12.5 Å². The molecule has 0 aromatic heterocycles. The maximum atomic E-state index is 6.42. The second kappa shape index (κ2) is 4.62. The van der Waals surface area contributed by atoms with E-state index in [2.05, 4.69) is 36.4 Å². The van der Waals surface area contributed by atoms with Crippen LogP contribution in [0.15, 0.2) is 36.4 Å². The van der Waals surface area contributed by atoms with E-state index in [4.69, 9.17) is 10.5 Å². The van der Waals surface area contributed by atoms with Crippen molar-refractivity contribution in [3.8, 4) is 5.75 Å². The lowest BCUT2D eigenvalue weighted by atomic mass is 9.95. The van der Waals surface area contributed by atoms with Crippen molar-refractivity contribution in [1.29, 1.82) is 0 Å². The molecule has 0 heterocycles. The molecule has 2 N–H and O–H groups in total. The summed E-state index contributed by atoms with van der Waals surface area (Å²) in [5.74, 6) is 1.59. The second-order valence-electron chi connectivity index (χ2n) is 4.99. The third kappa shape index (κ3) is 1.97. The molecular formula is C16H19NO. The molecule has 1 fully saturated rings. The van der Waals surface area contributed by atoms with Gasteiger partial charge < -0.3 is 10.5 Å². The molecule has 18 heavy (non-hydrogen) atoms. The SMILES string of the molecule is CCOc1ccc2ccccc2c1[C@@H](N)C1CC1. The number of hydrogen-bond donors (Lipinski definition) is 1. The zero-order valence-corrected chi connectivity index (χ0v) is 10.7. The van der Waals surface area contributed by atoms with E-state index in [1.165, 1.54) is 29.2 Å². The van der Waals surface area contributed by atoms with Gasteiger partial charge in [0.2, 0.25) is 0 Å². The van der Waals surface area contributed by atoms with E-state index < -0.39 is 0 Å². The van der Waals surface area contributed by atoms with Crippen LogP contribution in [-0.4, -0.2) is 6.61 Å². The average molecular weight is 241 g/mol. The van der Waals surface area contributed by atoms with Crippen molar-refractivity contribution >= 4 is 10.8 Å². The summed E-state index contributed by atoms with van der Waals surface area (Å²) in [4.78, 5) is 0. The van der Waals surface area contributed by atoms with Crippen LogP contribution in [0.1, 0.15) is 31.4 Å². The predicted octanol–water partition coefficient (Wildman–Crippen LogP) is 3.65. The molecule has 0 amide bonds. The minimum absolute atomic E-state index is 0.109. The van der Waals surface area contributed by atoms with Crippen LogP contribution in [-0.2, 0) is 0 Å². The first kappa shape index (κ1) is 11.5. The average Bonchev–Trinajstić information content (AvgIpc) is 3.22. The Labute approximate surface area is 108 Å². The van der Waals surface area contributed by atoms with Crippen LogP contribution in [0.5, 0.6) is 5.75 Å². The molecule has 0 bridgehead atoms. The fourth-order valence-electron chi connectivity index (χ4n) is 2.59. The highest BCUT2D eigenvalue weighted by Crippen LogP contribution is 2.44. The van der Waals surface area contributed by atoms with Crippen molar-refractivity contribution in [3.05, 3.63) is 42.0 Å². The Bertz CT molecular complexity index is 560. The summed E-state index contributed by atoms with van der Waals surface area (Å²) < 4.78 is 5.76. The third-order valence-electron chi connectivity index (χ3n) is 3.69. The van der Waals surface area contributed by atoms with Gasteiger partial charge in [-0.25, -0.2) is 0 Å². The first-order valence-corrected chi connectivity index (χ1v) is 6.71. The Morgan fingerprint density at radius 1 is 1.22 bits per heavy atom. The molecule has 0 unspecified atom stereocenters. The normalized spacial score (nSPS) is 16.8. The first-order valence-electron chi connectivity index (χ1n) is 6.71. The van der Waals surface area contributed by atoms with Gasteiger partial charge in [0.1, 0.15) is 5.75 Å². The number of benzene rings is 2. The topological polar surface area (TPSA) is 35.2 Å². The van der Waals surface area contributed by atoms with Crippen molar-refractivity contribution < 1.29 is 4.74 Å². The molecule has 0 spiro atoms. The smallest absolute Gasteiger partial charge is 0.124 e. The molecule has 2 aromatic carbocycles. The van der Waals surface area contributed by atoms with Crippen molar-refractivity contribution in [3.63, 3.8) is 0 Å². The Hall–Kier alpha value is -1.54. The summed E-state index contributed by atoms with van der Waals surface area (Å²) in [5, 5.41) is 2.48. The van der Waals surface area contributed by atoms with E-state index in [0.717, 1.165) is 5.75 Å². The highest BCUT2D eigenvalue weighted by molar-refractivity contribution is 5.88.